The van der Waals surface area contributed by atoms with Gasteiger partial charge in [0.25, 0.3) is 0 Å². The summed E-state index contributed by atoms with van der Waals surface area (Å²) in [6, 6.07) is 6.95. The fraction of sp³-hybridized carbons (Fsp3) is 0.400. The van der Waals surface area contributed by atoms with E-state index in [-0.39, 0.29) is 6.04 Å². The van der Waals surface area contributed by atoms with Crippen molar-refractivity contribution >= 4 is 9.84 Å². The summed E-state index contributed by atoms with van der Waals surface area (Å²) in [5.41, 5.74) is 6.60. The molecule has 0 aliphatic rings. The standard InChI is InChI=1S/C10H15NO2S/c1-8(11)6-9-4-3-5-10(7-9)14(2,12)13/h3-5,7-8H,6,11H2,1-2H3/t8-/m1/s1. The van der Waals surface area contributed by atoms with Crippen molar-refractivity contribution in [3.63, 3.8) is 0 Å². The van der Waals surface area contributed by atoms with Crippen LogP contribution in [0.4, 0.5) is 0 Å². The first-order valence-electron chi connectivity index (χ1n) is 4.44. The normalized spacial score (nSPS) is 13.9. The molecule has 0 aromatic heterocycles. The van der Waals surface area contributed by atoms with Gasteiger partial charge in [-0.3, -0.25) is 0 Å². The minimum absolute atomic E-state index is 0.0461. The first-order valence-corrected chi connectivity index (χ1v) is 6.33. The van der Waals surface area contributed by atoms with Crippen LogP contribution in [0, 0.1) is 0 Å². The monoisotopic (exact) mass is 213 g/mol. The molecular formula is C10H15NO2S. The van der Waals surface area contributed by atoms with Crippen LogP contribution in [0.25, 0.3) is 0 Å². The number of hydrogen-bond donors (Lipinski definition) is 1. The lowest BCUT2D eigenvalue weighted by Gasteiger charge is -2.06. The van der Waals surface area contributed by atoms with Crippen molar-refractivity contribution in [2.75, 3.05) is 6.26 Å². The van der Waals surface area contributed by atoms with Crippen molar-refractivity contribution in [1.29, 1.82) is 0 Å². The fourth-order valence-electron chi connectivity index (χ4n) is 1.27. The zero-order valence-corrected chi connectivity index (χ0v) is 9.21. The molecule has 0 bridgehead atoms. The molecule has 0 radical (unpaired) electrons. The van der Waals surface area contributed by atoms with Gasteiger partial charge < -0.3 is 5.73 Å². The van der Waals surface area contributed by atoms with Gasteiger partial charge in [-0.1, -0.05) is 12.1 Å². The van der Waals surface area contributed by atoms with Gasteiger partial charge in [-0.15, -0.1) is 0 Å². The smallest absolute Gasteiger partial charge is 0.175 e. The number of rotatable bonds is 3. The van der Waals surface area contributed by atoms with Gasteiger partial charge in [-0.25, -0.2) is 8.42 Å². The molecule has 0 heterocycles. The summed E-state index contributed by atoms with van der Waals surface area (Å²) in [7, 11) is -3.10. The van der Waals surface area contributed by atoms with E-state index in [2.05, 4.69) is 0 Å². The summed E-state index contributed by atoms with van der Waals surface area (Å²) in [6.07, 6.45) is 1.90. The van der Waals surface area contributed by atoms with Gasteiger partial charge in [0.15, 0.2) is 9.84 Å². The van der Waals surface area contributed by atoms with Crippen LogP contribution in [0.5, 0.6) is 0 Å². The summed E-state index contributed by atoms with van der Waals surface area (Å²) in [5.74, 6) is 0. The van der Waals surface area contributed by atoms with Crippen LogP contribution in [0.1, 0.15) is 12.5 Å². The first kappa shape index (κ1) is 11.2. The zero-order chi connectivity index (χ0) is 10.8. The second-order valence-corrected chi connectivity index (χ2v) is 5.62. The Morgan fingerprint density at radius 2 is 2.07 bits per heavy atom. The molecule has 2 N–H and O–H groups in total. The molecule has 78 valence electrons. The quantitative estimate of drug-likeness (QED) is 0.814. The molecule has 0 saturated heterocycles. The van der Waals surface area contributed by atoms with Gasteiger partial charge in [0, 0.05) is 12.3 Å². The van der Waals surface area contributed by atoms with Gasteiger partial charge >= 0.3 is 0 Å². The fourth-order valence-corrected chi connectivity index (χ4v) is 1.97. The molecule has 0 aliphatic heterocycles. The van der Waals surface area contributed by atoms with Gasteiger partial charge in [-0.2, -0.15) is 0 Å². The Labute approximate surface area is 84.9 Å². The van der Waals surface area contributed by atoms with E-state index in [1.807, 2.05) is 13.0 Å². The summed E-state index contributed by atoms with van der Waals surface area (Å²) >= 11 is 0. The number of nitrogens with two attached hydrogens (primary N) is 1. The van der Waals surface area contributed by atoms with E-state index in [0.29, 0.717) is 11.3 Å². The van der Waals surface area contributed by atoms with E-state index >= 15 is 0 Å². The molecular weight excluding hydrogens is 198 g/mol. The van der Waals surface area contributed by atoms with Crippen LogP contribution in [0.3, 0.4) is 0 Å². The molecule has 3 nitrogen and oxygen atoms in total. The van der Waals surface area contributed by atoms with Crippen molar-refractivity contribution in [3.05, 3.63) is 29.8 Å². The lowest BCUT2D eigenvalue weighted by Crippen LogP contribution is -2.17. The zero-order valence-electron chi connectivity index (χ0n) is 8.40. The van der Waals surface area contributed by atoms with Gasteiger partial charge in [0.2, 0.25) is 0 Å². The van der Waals surface area contributed by atoms with Crippen molar-refractivity contribution < 1.29 is 8.42 Å². The van der Waals surface area contributed by atoms with Crippen molar-refractivity contribution in [2.45, 2.75) is 24.3 Å². The highest BCUT2D eigenvalue weighted by Crippen LogP contribution is 2.12. The van der Waals surface area contributed by atoms with Gasteiger partial charge in [0.1, 0.15) is 0 Å². The van der Waals surface area contributed by atoms with Gasteiger partial charge in [0.05, 0.1) is 4.90 Å². The molecule has 0 spiro atoms. The van der Waals surface area contributed by atoms with E-state index in [0.717, 1.165) is 5.56 Å². The maximum absolute atomic E-state index is 11.2. The summed E-state index contributed by atoms with van der Waals surface area (Å²) in [5, 5.41) is 0. The Balaban J connectivity index is 3.02. The Kier molecular flexibility index (Phi) is 3.29. The second kappa shape index (κ2) is 4.11. The minimum Gasteiger partial charge on any atom is -0.328 e. The number of sulfone groups is 1. The van der Waals surface area contributed by atoms with Crippen LogP contribution in [0.15, 0.2) is 29.2 Å². The summed E-state index contributed by atoms with van der Waals surface area (Å²) in [6.45, 7) is 1.90. The lowest BCUT2D eigenvalue weighted by molar-refractivity contribution is 0.601. The van der Waals surface area contributed by atoms with Crippen molar-refractivity contribution in [1.82, 2.24) is 0 Å². The van der Waals surface area contributed by atoms with Crippen LogP contribution >= 0.6 is 0 Å². The van der Waals surface area contributed by atoms with Gasteiger partial charge in [-0.05, 0) is 31.0 Å². The van der Waals surface area contributed by atoms with Crippen molar-refractivity contribution in [2.24, 2.45) is 5.73 Å². The second-order valence-electron chi connectivity index (χ2n) is 3.60. The SMILES string of the molecule is C[C@@H](N)Cc1cccc(S(C)(=O)=O)c1. The Hall–Kier alpha value is -0.870. The highest BCUT2D eigenvalue weighted by molar-refractivity contribution is 7.90. The van der Waals surface area contributed by atoms with E-state index in [1.54, 1.807) is 18.2 Å². The van der Waals surface area contributed by atoms with E-state index < -0.39 is 9.84 Å². The van der Waals surface area contributed by atoms with E-state index in [1.165, 1.54) is 6.26 Å². The third-order valence-electron chi connectivity index (χ3n) is 1.88. The molecule has 1 atom stereocenters. The topological polar surface area (TPSA) is 60.2 Å². The van der Waals surface area contributed by atoms with E-state index in [4.69, 9.17) is 5.73 Å². The Morgan fingerprint density at radius 3 is 2.57 bits per heavy atom. The molecule has 0 unspecified atom stereocenters. The van der Waals surface area contributed by atoms with Crippen LogP contribution < -0.4 is 5.73 Å². The summed E-state index contributed by atoms with van der Waals surface area (Å²) < 4.78 is 22.5. The molecule has 0 aliphatic carbocycles. The number of hydrogen-bond acceptors (Lipinski definition) is 3. The molecule has 14 heavy (non-hydrogen) atoms. The third-order valence-corrected chi connectivity index (χ3v) is 2.99. The molecule has 1 aromatic carbocycles. The molecule has 1 aromatic rings. The van der Waals surface area contributed by atoms with Crippen LogP contribution in [0.2, 0.25) is 0 Å². The number of benzene rings is 1. The minimum atomic E-state index is -3.10. The third kappa shape index (κ3) is 3.12. The first-order chi connectivity index (χ1) is 6.39. The maximum Gasteiger partial charge on any atom is 0.175 e. The largest absolute Gasteiger partial charge is 0.328 e. The van der Waals surface area contributed by atoms with Crippen molar-refractivity contribution in [3.8, 4) is 0 Å². The van der Waals surface area contributed by atoms with Crippen LogP contribution in [-0.2, 0) is 16.3 Å². The maximum atomic E-state index is 11.2. The lowest BCUT2D eigenvalue weighted by atomic mass is 10.1. The Bertz CT molecular complexity index is 410. The molecule has 4 heteroatoms. The average Bonchev–Trinajstić information content (AvgIpc) is 2.01. The molecule has 0 amide bonds. The van der Waals surface area contributed by atoms with E-state index in [9.17, 15) is 8.42 Å². The highest BCUT2D eigenvalue weighted by atomic mass is 32.2. The average molecular weight is 213 g/mol. The molecule has 1 rings (SSSR count). The predicted octanol–water partition coefficient (Wildman–Crippen LogP) is 0.980. The van der Waals surface area contributed by atoms with Crippen LogP contribution in [-0.4, -0.2) is 20.7 Å². The Morgan fingerprint density at radius 1 is 1.43 bits per heavy atom. The molecule has 0 fully saturated rings. The highest BCUT2D eigenvalue weighted by Gasteiger charge is 2.07. The predicted molar refractivity (Wildman–Crippen MR) is 56.9 cm³/mol. The molecule has 0 saturated carbocycles. The summed E-state index contributed by atoms with van der Waals surface area (Å²) in [4.78, 5) is 0.357.